The smallest absolute Gasteiger partial charge is 0.321 e. The molecule has 0 amide bonds. The molecule has 0 fully saturated rings. The third-order valence-electron chi connectivity index (χ3n) is 2.76. The Balaban J connectivity index is 3.14. The predicted molar refractivity (Wildman–Crippen MR) is 68.1 cm³/mol. The molecule has 0 saturated carbocycles. The van der Waals surface area contributed by atoms with Crippen LogP contribution in [0.5, 0.6) is 0 Å². The Morgan fingerprint density at radius 1 is 1.00 bits per heavy atom. The van der Waals surface area contributed by atoms with Gasteiger partial charge in [-0.3, -0.25) is 4.79 Å². The maximum atomic E-state index is 13.5. The summed E-state index contributed by atoms with van der Waals surface area (Å²) in [5, 5.41) is 0. The van der Waals surface area contributed by atoms with Gasteiger partial charge in [-0.15, -0.1) is 0 Å². The molecule has 0 aromatic heterocycles. The zero-order chi connectivity index (χ0) is 17.9. The Morgan fingerprint density at radius 2 is 1.43 bits per heavy atom. The second-order valence-electron chi connectivity index (χ2n) is 4.37. The summed E-state index contributed by atoms with van der Waals surface area (Å²) < 4.78 is 94.6. The Kier molecular flexibility index (Phi) is 6.05. The molecule has 0 bridgehead atoms. The van der Waals surface area contributed by atoms with Crippen LogP contribution in [0.15, 0.2) is 0 Å². The highest BCUT2D eigenvalue weighted by molar-refractivity contribution is 7.88. The third-order valence-corrected chi connectivity index (χ3v) is 4.49. The van der Waals surface area contributed by atoms with Crippen molar-refractivity contribution in [2.24, 2.45) is 0 Å². The minimum Gasteiger partial charge on any atom is -0.465 e. The molecule has 1 rings (SSSR count). The van der Waals surface area contributed by atoms with Crippen molar-refractivity contribution in [1.29, 1.82) is 0 Å². The van der Waals surface area contributed by atoms with Crippen molar-refractivity contribution < 1.29 is 39.9 Å². The van der Waals surface area contributed by atoms with Gasteiger partial charge in [-0.25, -0.2) is 30.4 Å². The van der Waals surface area contributed by atoms with Crippen LogP contribution in [0.3, 0.4) is 0 Å². The van der Waals surface area contributed by atoms with Gasteiger partial charge in [0.1, 0.15) is 6.54 Å². The highest BCUT2D eigenvalue weighted by Gasteiger charge is 2.31. The molecule has 23 heavy (non-hydrogen) atoms. The molecular formula is C12H12F5NO4S. The van der Waals surface area contributed by atoms with Gasteiger partial charge in [-0.1, -0.05) is 0 Å². The molecule has 0 unspecified atom stereocenters. The van der Waals surface area contributed by atoms with Crippen molar-refractivity contribution in [3.63, 3.8) is 0 Å². The van der Waals surface area contributed by atoms with Crippen LogP contribution in [-0.2, 0) is 25.3 Å². The minimum atomic E-state index is -4.52. The molecule has 0 radical (unpaired) electrons. The van der Waals surface area contributed by atoms with E-state index in [9.17, 15) is 35.2 Å². The van der Waals surface area contributed by atoms with Gasteiger partial charge in [0, 0.05) is 12.6 Å². The van der Waals surface area contributed by atoms with E-state index in [1.165, 1.54) is 6.92 Å². The Labute approximate surface area is 128 Å². The highest BCUT2D eigenvalue weighted by atomic mass is 32.2. The van der Waals surface area contributed by atoms with Crippen molar-refractivity contribution in [2.75, 3.05) is 20.2 Å². The fraction of sp³-hybridized carbons (Fsp3) is 0.417. The van der Waals surface area contributed by atoms with E-state index < -0.39 is 62.9 Å². The van der Waals surface area contributed by atoms with Crippen LogP contribution in [-0.4, -0.2) is 38.9 Å². The molecule has 0 aliphatic heterocycles. The van der Waals surface area contributed by atoms with Crippen molar-refractivity contribution >= 4 is 16.0 Å². The second kappa shape index (κ2) is 7.21. The monoisotopic (exact) mass is 361 g/mol. The van der Waals surface area contributed by atoms with E-state index in [1.807, 2.05) is 0 Å². The average molecular weight is 361 g/mol. The lowest BCUT2D eigenvalue weighted by molar-refractivity contribution is -0.143. The molecule has 1 aromatic rings. The first-order valence-corrected chi connectivity index (χ1v) is 7.73. The quantitative estimate of drug-likeness (QED) is 0.335. The van der Waals surface area contributed by atoms with Crippen LogP contribution in [0.1, 0.15) is 12.5 Å². The largest absolute Gasteiger partial charge is 0.465 e. The van der Waals surface area contributed by atoms with E-state index in [-0.39, 0.29) is 6.61 Å². The number of rotatable bonds is 6. The van der Waals surface area contributed by atoms with Crippen molar-refractivity contribution in [1.82, 2.24) is 4.31 Å². The Hall–Kier alpha value is -1.75. The van der Waals surface area contributed by atoms with Gasteiger partial charge in [0.25, 0.3) is 0 Å². The number of likely N-dealkylation sites (N-methyl/N-ethyl adjacent to an activating group) is 1. The Morgan fingerprint density at radius 3 is 1.87 bits per heavy atom. The minimum absolute atomic E-state index is 0.0235. The van der Waals surface area contributed by atoms with Crippen LogP contribution in [0.25, 0.3) is 0 Å². The number of hydrogen-bond acceptors (Lipinski definition) is 4. The molecular weight excluding hydrogens is 349 g/mol. The molecule has 0 heterocycles. The van der Waals surface area contributed by atoms with Gasteiger partial charge >= 0.3 is 5.97 Å². The number of nitrogens with zero attached hydrogens (tertiary/aromatic N) is 1. The molecule has 5 nitrogen and oxygen atoms in total. The number of sulfonamides is 1. The van der Waals surface area contributed by atoms with Crippen LogP contribution in [0.4, 0.5) is 22.0 Å². The normalized spacial score (nSPS) is 11.8. The fourth-order valence-corrected chi connectivity index (χ4v) is 2.70. The second-order valence-corrected chi connectivity index (χ2v) is 6.44. The van der Waals surface area contributed by atoms with E-state index >= 15 is 0 Å². The summed E-state index contributed by atoms with van der Waals surface area (Å²) in [4.78, 5) is 11.2. The number of ether oxygens (including phenoxy) is 1. The van der Waals surface area contributed by atoms with E-state index in [1.54, 1.807) is 0 Å². The Bertz CT molecular complexity index is 694. The van der Waals surface area contributed by atoms with Crippen LogP contribution >= 0.6 is 0 Å². The van der Waals surface area contributed by atoms with Gasteiger partial charge in [0.2, 0.25) is 15.8 Å². The van der Waals surface area contributed by atoms with E-state index in [0.717, 1.165) is 7.05 Å². The molecule has 0 saturated heterocycles. The first kappa shape index (κ1) is 19.3. The van der Waals surface area contributed by atoms with Gasteiger partial charge < -0.3 is 4.74 Å². The summed E-state index contributed by atoms with van der Waals surface area (Å²) in [6, 6.07) is 0. The number of carbonyl (C=O) groups excluding carboxylic acids is 1. The highest BCUT2D eigenvalue weighted by Crippen LogP contribution is 2.25. The fourth-order valence-electron chi connectivity index (χ4n) is 1.56. The van der Waals surface area contributed by atoms with E-state index in [0.29, 0.717) is 4.31 Å². The van der Waals surface area contributed by atoms with Crippen LogP contribution in [0, 0.1) is 29.1 Å². The maximum Gasteiger partial charge on any atom is 0.321 e. The summed E-state index contributed by atoms with van der Waals surface area (Å²) in [5.74, 6) is -13.8. The standard InChI is InChI=1S/C12H12F5NO4S/c1-3-22-7(19)4-18(2)23(20,21)5-6-8(13)10(15)12(17)11(16)9(6)14/h3-5H2,1-2H3. The summed E-state index contributed by atoms with van der Waals surface area (Å²) in [7, 11) is -3.62. The maximum absolute atomic E-state index is 13.5. The van der Waals surface area contributed by atoms with Crippen molar-refractivity contribution in [3.05, 3.63) is 34.6 Å². The van der Waals surface area contributed by atoms with Crippen LogP contribution < -0.4 is 0 Å². The van der Waals surface area contributed by atoms with Gasteiger partial charge in [0.15, 0.2) is 23.3 Å². The first-order chi connectivity index (χ1) is 10.5. The summed E-state index contributed by atoms with van der Waals surface area (Å²) >= 11 is 0. The molecule has 0 N–H and O–H groups in total. The number of halogens is 5. The molecule has 130 valence electrons. The number of carbonyl (C=O) groups is 1. The molecule has 0 aliphatic rings. The van der Waals surface area contributed by atoms with Gasteiger partial charge in [0.05, 0.1) is 12.4 Å². The van der Waals surface area contributed by atoms with Gasteiger partial charge in [-0.2, -0.15) is 4.31 Å². The molecule has 1 aromatic carbocycles. The lowest BCUT2D eigenvalue weighted by atomic mass is 10.2. The number of esters is 1. The third kappa shape index (κ3) is 4.16. The molecule has 0 spiro atoms. The SMILES string of the molecule is CCOC(=O)CN(C)S(=O)(=O)Cc1c(F)c(F)c(F)c(F)c1F. The average Bonchev–Trinajstić information content (AvgIpc) is 2.47. The number of benzene rings is 1. The van der Waals surface area contributed by atoms with Crippen molar-refractivity contribution in [3.8, 4) is 0 Å². The molecule has 0 aliphatic carbocycles. The van der Waals surface area contributed by atoms with E-state index in [4.69, 9.17) is 0 Å². The van der Waals surface area contributed by atoms with Gasteiger partial charge in [-0.05, 0) is 6.92 Å². The lowest BCUT2D eigenvalue weighted by Gasteiger charge is -2.17. The molecule has 11 heteroatoms. The molecule has 0 atom stereocenters. The first-order valence-electron chi connectivity index (χ1n) is 6.12. The van der Waals surface area contributed by atoms with Crippen molar-refractivity contribution in [2.45, 2.75) is 12.7 Å². The topological polar surface area (TPSA) is 63.7 Å². The number of hydrogen-bond donors (Lipinski definition) is 0. The summed E-state index contributed by atoms with van der Waals surface area (Å²) in [6.45, 7) is 0.678. The summed E-state index contributed by atoms with van der Waals surface area (Å²) in [5.41, 5.74) is -1.50. The zero-order valence-electron chi connectivity index (χ0n) is 12.0. The summed E-state index contributed by atoms with van der Waals surface area (Å²) in [6.07, 6.45) is 0. The lowest BCUT2D eigenvalue weighted by Crippen LogP contribution is -2.34. The van der Waals surface area contributed by atoms with Crippen LogP contribution in [0.2, 0.25) is 0 Å². The predicted octanol–water partition coefficient (Wildman–Crippen LogP) is 1.71. The van der Waals surface area contributed by atoms with E-state index in [2.05, 4.69) is 4.74 Å². The zero-order valence-corrected chi connectivity index (χ0v) is 12.8.